The Morgan fingerprint density at radius 3 is 1.96 bits per heavy atom. The smallest absolute Gasteiger partial charge is 0.212 e. The van der Waals surface area contributed by atoms with Gasteiger partial charge in [0.25, 0.3) is 0 Å². The zero-order valence-electron chi connectivity index (χ0n) is 13.8. The molecule has 0 radical (unpaired) electrons. The van der Waals surface area contributed by atoms with Crippen molar-refractivity contribution in [2.24, 2.45) is 9.98 Å². The highest BCUT2D eigenvalue weighted by Gasteiger charge is 2.21. The first-order chi connectivity index (χ1) is 12.8. The van der Waals surface area contributed by atoms with Crippen LogP contribution in [0.2, 0.25) is 0 Å². The van der Waals surface area contributed by atoms with Gasteiger partial charge >= 0.3 is 0 Å². The fraction of sp³-hybridized carbons (Fsp3) is 0.0476. The Morgan fingerprint density at radius 2 is 1.31 bits per heavy atom. The van der Waals surface area contributed by atoms with Crippen molar-refractivity contribution in [1.82, 2.24) is 9.88 Å². The first kappa shape index (κ1) is 15.2. The van der Waals surface area contributed by atoms with Crippen LogP contribution in [0.5, 0.6) is 0 Å². The van der Waals surface area contributed by atoms with Crippen LogP contribution in [-0.2, 0) is 0 Å². The van der Waals surface area contributed by atoms with Crippen molar-refractivity contribution in [3.05, 3.63) is 84.4 Å². The van der Waals surface area contributed by atoms with Gasteiger partial charge in [-0.25, -0.2) is 9.98 Å². The molecular formula is C21H15ClN4. The van der Waals surface area contributed by atoms with Gasteiger partial charge in [-0.1, -0.05) is 66.7 Å². The van der Waals surface area contributed by atoms with Crippen LogP contribution < -0.4 is 5.32 Å². The van der Waals surface area contributed by atoms with Crippen molar-refractivity contribution in [2.75, 3.05) is 0 Å². The van der Waals surface area contributed by atoms with Crippen LogP contribution >= 0.6 is 11.6 Å². The molecule has 1 atom stereocenters. The van der Waals surface area contributed by atoms with E-state index >= 15 is 0 Å². The van der Waals surface area contributed by atoms with Gasteiger partial charge in [-0.15, -0.1) is 0 Å². The molecule has 3 aromatic carbocycles. The number of amidine groups is 1. The normalized spacial score (nSPS) is 17.0. The number of hydrogen-bond donors (Lipinski definition) is 1. The summed E-state index contributed by atoms with van der Waals surface area (Å²) in [5.74, 6) is 0.677. The van der Waals surface area contributed by atoms with E-state index < -0.39 is 0 Å². The van der Waals surface area contributed by atoms with E-state index in [1.54, 1.807) is 0 Å². The van der Waals surface area contributed by atoms with Crippen LogP contribution in [-0.4, -0.2) is 15.8 Å². The Bertz CT molecular complexity index is 1120. The zero-order chi connectivity index (χ0) is 17.5. The summed E-state index contributed by atoms with van der Waals surface area (Å²) in [7, 11) is 0. The van der Waals surface area contributed by atoms with Crippen LogP contribution in [0.4, 0.5) is 0 Å². The first-order valence-corrected chi connectivity index (χ1v) is 8.81. The van der Waals surface area contributed by atoms with Gasteiger partial charge in [-0.3, -0.25) is 4.57 Å². The molecule has 4 aromatic rings. The Labute approximate surface area is 155 Å². The molecule has 1 aliphatic rings. The number of hydrogen-bond acceptors (Lipinski definition) is 3. The van der Waals surface area contributed by atoms with E-state index in [0.29, 0.717) is 11.3 Å². The van der Waals surface area contributed by atoms with Gasteiger partial charge in [-0.05, 0) is 29.3 Å². The summed E-state index contributed by atoms with van der Waals surface area (Å²) in [6.45, 7) is 0. The van der Waals surface area contributed by atoms with E-state index in [1.165, 1.54) is 10.8 Å². The van der Waals surface area contributed by atoms with Crippen molar-refractivity contribution in [3.8, 4) is 0 Å². The second kappa shape index (κ2) is 6.00. The molecule has 0 bridgehead atoms. The molecule has 0 saturated carbocycles. The average molecular weight is 359 g/mol. The molecule has 2 heterocycles. The number of para-hydroxylation sites is 2. The quantitative estimate of drug-likeness (QED) is 0.483. The van der Waals surface area contributed by atoms with Crippen molar-refractivity contribution >= 4 is 44.7 Å². The predicted molar refractivity (Wildman–Crippen MR) is 108 cm³/mol. The Morgan fingerprint density at radius 1 is 0.731 bits per heavy atom. The van der Waals surface area contributed by atoms with Crippen LogP contribution in [0.25, 0.3) is 21.8 Å². The zero-order valence-corrected chi connectivity index (χ0v) is 14.6. The maximum Gasteiger partial charge on any atom is 0.212 e. The third-order valence-corrected chi connectivity index (χ3v) is 4.78. The van der Waals surface area contributed by atoms with E-state index in [4.69, 9.17) is 16.6 Å². The van der Waals surface area contributed by atoms with Gasteiger partial charge in [0.15, 0.2) is 6.17 Å². The summed E-state index contributed by atoms with van der Waals surface area (Å²) in [4.78, 5) is 9.28. The van der Waals surface area contributed by atoms with E-state index in [-0.39, 0.29) is 6.17 Å². The molecule has 0 amide bonds. The Balaban J connectivity index is 1.75. The van der Waals surface area contributed by atoms with Crippen LogP contribution in [0.1, 0.15) is 11.7 Å². The van der Waals surface area contributed by atoms with E-state index in [1.807, 2.05) is 42.5 Å². The number of nitrogens with one attached hydrogen (secondary N) is 1. The molecule has 1 aliphatic heterocycles. The fourth-order valence-electron chi connectivity index (χ4n) is 3.45. The summed E-state index contributed by atoms with van der Waals surface area (Å²) in [5.41, 5.74) is 3.17. The topological polar surface area (TPSA) is 41.7 Å². The van der Waals surface area contributed by atoms with Gasteiger partial charge in [0.05, 0.1) is 11.0 Å². The molecule has 1 aromatic heterocycles. The molecule has 5 heteroatoms. The minimum absolute atomic E-state index is 0.339. The molecule has 1 unspecified atom stereocenters. The van der Waals surface area contributed by atoms with Crippen molar-refractivity contribution in [1.29, 1.82) is 0 Å². The standard InChI is InChI=1S/C21H15ClN4/c22-20-23-19(14-8-2-1-3-9-14)24-21(25-20)26-17-12-6-4-10-15(17)16-11-5-7-13-18(16)26/h1-13,19H,(H,23,24,25). The average Bonchev–Trinajstić information content (AvgIpc) is 3.03. The molecule has 0 aliphatic carbocycles. The van der Waals surface area contributed by atoms with Crippen LogP contribution in [0.15, 0.2) is 88.8 Å². The molecule has 0 fully saturated rings. The molecule has 5 rings (SSSR count). The Hall–Kier alpha value is -3.11. The number of fused-ring (bicyclic) bond motifs is 3. The maximum atomic E-state index is 6.32. The van der Waals surface area contributed by atoms with Crippen molar-refractivity contribution in [3.63, 3.8) is 0 Å². The van der Waals surface area contributed by atoms with Crippen LogP contribution in [0, 0.1) is 0 Å². The monoisotopic (exact) mass is 358 g/mol. The van der Waals surface area contributed by atoms with Crippen LogP contribution in [0.3, 0.4) is 0 Å². The highest BCUT2D eigenvalue weighted by molar-refractivity contribution is 6.66. The predicted octanol–water partition coefficient (Wildman–Crippen LogP) is 4.90. The lowest BCUT2D eigenvalue weighted by Crippen LogP contribution is -2.36. The van der Waals surface area contributed by atoms with Gasteiger partial charge in [0.1, 0.15) is 0 Å². The second-order valence-electron chi connectivity index (χ2n) is 6.15. The number of rotatable bonds is 1. The summed E-state index contributed by atoms with van der Waals surface area (Å²) in [5, 5.41) is 5.84. The summed E-state index contributed by atoms with van der Waals surface area (Å²) >= 11 is 6.32. The number of halogens is 1. The molecule has 0 spiro atoms. The highest BCUT2D eigenvalue weighted by Crippen LogP contribution is 2.30. The second-order valence-corrected chi connectivity index (χ2v) is 6.51. The molecule has 4 nitrogen and oxygen atoms in total. The maximum absolute atomic E-state index is 6.32. The number of aromatic nitrogens is 1. The van der Waals surface area contributed by atoms with E-state index in [2.05, 4.69) is 51.3 Å². The lowest BCUT2D eigenvalue weighted by molar-refractivity contribution is 0.749. The summed E-state index contributed by atoms with van der Waals surface area (Å²) in [6.07, 6.45) is -0.361. The third-order valence-electron chi connectivity index (χ3n) is 4.58. The molecule has 1 N–H and O–H groups in total. The Kier molecular flexibility index (Phi) is 3.50. The fourth-order valence-corrected chi connectivity index (χ4v) is 3.62. The molecule has 26 heavy (non-hydrogen) atoms. The lowest BCUT2D eigenvalue weighted by Gasteiger charge is -2.20. The summed E-state index contributed by atoms with van der Waals surface area (Å²) in [6, 6.07) is 26.6. The largest absolute Gasteiger partial charge is 0.300 e. The number of benzene rings is 3. The SMILES string of the molecule is ClC1=NC(c2ccccc2)N=C(n2c3ccccc3c3ccccc32)N1. The lowest BCUT2D eigenvalue weighted by atomic mass is 10.2. The van der Waals surface area contributed by atoms with Gasteiger partial charge in [0, 0.05) is 10.8 Å². The number of nitrogens with zero attached hydrogens (tertiary/aromatic N) is 3. The first-order valence-electron chi connectivity index (χ1n) is 8.43. The van der Waals surface area contributed by atoms with E-state index in [9.17, 15) is 0 Å². The number of aliphatic imine (C=N–C) groups is 2. The highest BCUT2D eigenvalue weighted by atomic mass is 35.5. The van der Waals surface area contributed by atoms with Crippen molar-refractivity contribution < 1.29 is 0 Å². The van der Waals surface area contributed by atoms with Gasteiger partial charge < -0.3 is 5.32 Å². The molecule has 126 valence electrons. The molecular weight excluding hydrogens is 344 g/mol. The minimum Gasteiger partial charge on any atom is -0.300 e. The van der Waals surface area contributed by atoms with E-state index in [0.717, 1.165) is 16.6 Å². The minimum atomic E-state index is -0.361. The summed E-state index contributed by atoms with van der Waals surface area (Å²) < 4.78 is 2.11. The van der Waals surface area contributed by atoms with Gasteiger partial charge in [-0.2, -0.15) is 0 Å². The van der Waals surface area contributed by atoms with Crippen molar-refractivity contribution in [2.45, 2.75) is 6.17 Å². The van der Waals surface area contributed by atoms with Gasteiger partial charge in [0.2, 0.25) is 11.3 Å². The molecule has 0 saturated heterocycles. The third kappa shape index (κ3) is 2.38.